The van der Waals surface area contributed by atoms with Crippen molar-refractivity contribution in [2.45, 2.75) is 37.9 Å². The molecular weight excluding hydrogens is 321 g/mol. The van der Waals surface area contributed by atoms with E-state index in [-0.39, 0.29) is 0 Å². The van der Waals surface area contributed by atoms with Gasteiger partial charge in [0.25, 0.3) is 0 Å². The van der Waals surface area contributed by atoms with E-state index in [1.165, 1.54) is 6.07 Å². The van der Waals surface area contributed by atoms with Gasteiger partial charge < -0.3 is 4.90 Å². The van der Waals surface area contributed by atoms with Crippen LogP contribution in [0.25, 0.3) is 0 Å². The van der Waals surface area contributed by atoms with Crippen molar-refractivity contribution in [2.75, 3.05) is 16.8 Å². The van der Waals surface area contributed by atoms with Gasteiger partial charge in [0, 0.05) is 17.9 Å². The first-order valence-corrected chi connectivity index (χ1v) is 7.51. The predicted molar refractivity (Wildman–Crippen MR) is 72.6 cm³/mol. The van der Waals surface area contributed by atoms with Crippen LogP contribution in [0, 0.1) is 0 Å². The fourth-order valence-corrected chi connectivity index (χ4v) is 2.91. The molecule has 1 aliphatic rings. The minimum Gasteiger partial charge on any atom is -0.353 e. The monoisotopic (exact) mass is 336 g/mol. The highest BCUT2D eigenvalue weighted by atomic mass is 79.9. The molecule has 0 unspecified atom stereocenters. The van der Waals surface area contributed by atoms with Gasteiger partial charge >= 0.3 is 6.18 Å². The predicted octanol–water partition coefficient (Wildman–Crippen LogP) is 4.24. The van der Waals surface area contributed by atoms with E-state index in [9.17, 15) is 13.2 Å². The molecule has 1 aliphatic carbocycles. The van der Waals surface area contributed by atoms with Gasteiger partial charge in [0.2, 0.25) is 0 Å². The first-order chi connectivity index (χ1) is 9.02. The minimum atomic E-state index is -4.38. The molecule has 1 saturated carbocycles. The second kappa shape index (κ2) is 6.11. The number of nitrogens with zero attached hydrogens (tertiary/aromatic N) is 2. The molecule has 0 radical (unpaired) electrons. The summed E-state index contributed by atoms with van der Waals surface area (Å²) in [6, 6.07) is 4.43. The Labute approximate surface area is 119 Å². The molecule has 0 bridgehead atoms. The highest BCUT2D eigenvalue weighted by Gasteiger charge is 2.33. The van der Waals surface area contributed by atoms with E-state index in [4.69, 9.17) is 0 Å². The molecule has 6 heteroatoms. The maximum Gasteiger partial charge on any atom is 0.433 e. The molecule has 0 amide bonds. The average molecular weight is 337 g/mol. The van der Waals surface area contributed by atoms with E-state index in [0.717, 1.165) is 37.1 Å². The summed E-state index contributed by atoms with van der Waals surface area (Å²) in [7, 11) is 0. The molecule has 1 heterocycles. The molecule has 106 valence electrons. The smallest absolute Gasteiger partial charge is 0.353 e. The maximum absolute atomic E-state index is 12.7. The average Bonchev–Trinajstić information content (AvgIpc) is 2.88. The zero-order valence-electron chi connectivity index (χ0n) is 10.5. The lowest BCUT2D eigenvalue weighted by Crippen LogP contribution is -2.35. The number of halogens is 4. The van der Waals surface area contributed by atoms with Crippen molar-refractivity contribution in [3.05, 3.63) is 23.9 Å². The Balaban J connectivity index is 2.25. The van der Waals surface area contributed by atoms with Gasteiger partial charge in [-0.3, -0.25) is 0 Å². The highest BCUT2D eigenvalue weighted by Crippen LogP contribution is 2.31. The van der Waals surface area contributed by atoms with Gasteiger partial charge in [0.15, 0.2) is 0 Å². The molecule has 1 aromatic rings. The molecule has 1 fully saturated rings. The van der Waals surface area contributed by atoms with Crippen LogP contribution in [0.4, 0.5) is 19.0 Å². The van der Waals surface area contributed by atoms with Crippen LogP contribution in [0.1, 0.15) is 31.4 Å². The van der Waals surface area contributed by atoms with Crippen molar-refractivity contribution in [1.29, 1.82) is 0 Å². The van der Waals surface area contributed by atoms with E-state index in [0.29, 0.717) is 18.4 Å². The number of pyridine rings is 1. The lowest BCUT2D eigenvalue weighted by atomic mass is 10.2. The first kappa shape index (κ1) is 14.6. The fourth-order valence-electron chi connectivity index (χ4n) is 2.53. The number of anilines is 1. The molecule has 0 aromatic carbocycles. The van der Waals surface area contributed by atoms with Crippen LogP contribution in [-0.4, -0.2) is 22.9 Å². The van der Waals surface area contributed by atoms with Gasteiger partial charge in [-0.25, -0.2) is 4.98 Å². The molecule has 0 spiro atoms. The van der Waals surface area contributed by atoms with Gasteiger partial charge in [0.1, 0.15) is 11.5 Å². The molecule has 0 saturated heterocycles. The molecule has 19 heavy (non-hydrogen) atoms. The van der Waals surface area contributed by atoms with Gasteiger partial charge in [-0.05, 0) is 25.0 Å². The van der Waals surface area contributed by atoms with Crippen LogP contribution in [0.5, 0.6) is 0 Å². The molecule has 0 atom stereocenters. The van der Waals surface area contributed by atoms with Crippen molar-refractivity contribution in [2.24, 2.45) is 0 Å². The van der Waals surface area contributed by atoms with E-state index < -0.39 is 11.9 Å². The van der Waals surface area contributed by atoms with Gasteiger partial charge in [0.05, 0.1) is 0 Å². The molecular formula is C13H16BrF3N2. The molecule has 2 nitrogen and oxygen atoms in total. The van der Waals surface area contributed by atoms with E-state index in [2.05, 4.69) is 20.9 Å². The zero-order chi connectivity index (χ0) is 13.9. The normalized spacial score (nSPS) is 16.8. The SMILES string of the molecule is FC(F)(F)c1cccc(N(CCBr)C2CCCC2)n1. The Hall–Kier alpha value is -0.780. The number of hydrogen-bond donors (Lipinski definition) is 0. The first-order valence-electron chi connectivity index (χ1n) is 6.39. The molecule has 0 aliphatic heterocycles. The molecule has 2 rings (SSSR count). The van der Waals surface area contributed by atoms with Crippen molar-refractivity contribution in [1.82, 2.24) is 4.98 Å². The summed E-state index contributed by atoms with van der Waals surface area (Å²) in [6.07, 6.45) is -0.0353. The van der Waals surface area contributed by atoms with Crippen LogP contribution < -0.4 is 4.90 Å². The quantitative estimate of drug-likeness (QED) is 0.764. The Kier molecular flexibility index (Phi) is 4.71. The summed E-state index contributed by atoms with van der Waals surface area (Å²) in [5.74, 6) is 0.432. The summed E-state index contributed by atoms with van der Waals surface area (Å²) in [5.41, 5.74) is -0.817. The number of hydrogen-bond acceptors (Lipinski definition) is 2. The number of aromatic nitrogens is 1. The second-order valence-electron chi connectivity index (χ2n) is 4.70. The number of rotatable bonds is 4. The summed E-state index contributed by atoms with van der Waals surface area (Å²) in [4.78, 5) is 5.78. The van der Waals surface area contributed by atoms with Crippen molar-refractivity contribution in [3.8, 4) is 0 Å². The van der Waals surface area contributed by atoms with Crippen molar-refractivity contribution in [3.63, 3.8) is 0 Å². The Morgan fingerprint density at radius 3 is 2.53 bits per heavy atom. The van der Waals surface area contributed by atoms with Crippen LogP contribution in [0.15, 0.2) is 18.2 Å². The van der Waals surface area contributed by atoms with Gasteiger partial charge in [-0.2, -0.15) is 13.2 Å². The third-order valence-electron chi connectivity index (χ3n) is 3.41. The molecule has 1 aromatic heterocycles. The zero-order valence-corrected chi connectivity index (χ0v) is 12.0. The van der Waals surface area contributed by atoms with Crippen LogP contribution >= 0.6 is 15.9 Å². The Bertz CT molecular complexity index is 417. The van der Waals surface area contributed by atoms with Crippen LogP contribution in [0.3, 0.4) is 0 Å². The van der Waals surface area contributed by atoms with Gasteiger partial charge in [-0.1, -0.05) is 34.8 Å². The van der Waals surface area contributed by atoms with E-state index in [1.807, 2.05) is 4.90 Å². The van der Waals surface area contributed by atoms with Crippen LogP contribution in [0.2, 0.25) is 0 Å². The van der Waals surface area contributed by atoms with Crippen LogP contribution in [-0.2, 0) is 6.18 Å². The summed E-state index contributed by atoms with van der Waals surface area (Å²) < 4.78 is 38.1. The fraction of sp³-hybridized carbons (Fsp3) is 0.615. The summed E-state index contributed by atoms with van der Waals surface area (Å²) in [5, 5.41) is 0.724. The Morgan fingerprint density at radius 1 is 1.26 bits per heavy atom. The van der Waals surface area contributed by atoms with Crippen molar-refractivity contribution < 1.29 is 13.2 Å². The third kappa shape index (κ3) is 3.61. The summed E-state index contributed by atoms with van der Waals surface area (Å²) in [6.45, 7) is 0.680. The lowest BCUT2D eigenvalue weighted by Gasteiger charge is -2.29. The second-order valence-corrected chi connectivity index (χ2v) is 5.49. The topological polar surface area (TPSA) is 16.1 Å². The van der Waals surface area contributed by atoms with Crippen molar-refractivity contribution >= 4 is 21.7 Å². The standard InChI is InChI=1S/C13H16BrF3N2/c14-8-9-19(10-4-1-2-5-10)12-7-3-6-11(18-12)13(15,16)17/h3,6-7,10H,1-2,4-5,8-9H2. The maximum atomic E-state index is 12.7. The third-order valence-corrected chi connectivity index (χ3v) is 3.76. The highest BCUT2D eigenvalue weighted by molar-refractivity contribution is 9.09. The minimum absolute atomic E-state index is 0.313. The van der Waals surface area contributed by atoms with E-state index >= 15 is 0 Å². The number of alkyl halides is 4. The summed E-state index contributed by atoms with van der Waals surface area (Å²) >= 11 is 3.36. The van der Waals surface area contributed by atoms with E-state index in [1.54, 1.807) is 6.07 Å². The largest absolute Gasteiger partial charge is 0.433 e. The van der Waals surface area contributed by atoms with Gasteiger partial charge in [-0.15, -0.1) is 0 Å². The Morgan fingerprint density at radius 2 is 1.95 bits per heavy atom. The molecule has 0 N–H and O–H groups in total. The lowest BCUT2D eigenvalue weighted by molar-refractivity contribution is -0.141.